The predicted octanol–water partition coefficient (Wildman–Crippen LogP) is 1.62. The van der Waals surface area contributed by atoms with Crippen molar-refractivity contribution in [1.29, 1.82) is 0 Å². The van der Waals surface area contributed by atoms with E-state index in [1.54, 1.807) is 6.92 Å². The average Bonchev–Trinajstić information content (AvgIpc) is 2.32. The highest BCUT2D eigenvalue weighted by atomic mass is 35.5. The molecular weight excluding hydrogens is 299 g/mol. The quantitative estimate of drug-likeness (QED) is 0.720. The summed E-state index contributed by atoms with van der Waals surface area (Å²) in [4.78, 5) is -0.155. The van der Waals surface area contributed by atoms with Crippen molar-refractivity contribution < 1.29 is 13.5 Å². The van der Waals surface area contributed by atoms with Gasteiger partial charge in [0.15, 0.2) is 0 Å². The van der Waals surface area contributed by atoms with E-state index in [1.807, 2.05) is 0 Å². The third kappa shape index (κ3) is 3.27. The number of aliphatic hydroxyl groups excluding tert-OH is 1. The van der Waals surface area contributed by atoms with E-state index in [9.17, 15) is 8.42 Å². The molecule has 1 aromatic rings. The summed E-state index contributed by atoms with van der Waals surface area (Å²) in [5.41, 5.74) is 5.58. The van der Waals surface area contributed by atoms with Gasteiger partial charge in [-0.15, -0.1) is 0 Å². The topological polar surface area (TPSA) is 92.4 Å². The molecule has 0 aliphatic heterocycles. The van der Waals surface area contributed by atoms with Gasteiger partial charge in [-0.2, -0.15) is 0 Å². The van der Waals surface area contributed by atoms with Gasteiger partial charge in [-0.05, 0) is 18.6 Å². The Bertz CT molecular complexity index is 530. The first kappa shape index (κ1) is 15.5. The highest BCUT2D eigenvalue weighted by Crippen LogP contribution is 2.33. The Morgan fingerprint density at radius 3 is 2.56 bits per heavy atom. The number of halogens is 2. The first-order valence-electron chi connectivity index (χ1n) is 5.20. The number of nitrogen functional groups attached to an aromatic ring is 1. The number of nitrogens with two attached hydrogens (primary N) is 1. The lowest BCUT2D eigenvalue weighted by Crippen LogP contribution is -2.37. The van der Waals surface area contributed by atoms with Gasteiger partial charge < -0.3 is 10.8 Å². The Morgan fingerprint density at radius 1 is 1.44 bits per heavy atom. The summed E-state index contributed by atoms with van der Waals surface area (Å²) in [5, 5.41) is 9.06. The second kappa shape index (κ2) is 6.08. The standard InChI is InChI=1S/C10H14Cl2N2O3S/c1-2-6(5-15)14-18(16,17)8-4-3-7(11)10(13)9(8)12/h3-4,6,14-15H,2,5,13H2,1H3/t6-/m1/s1. The Labute approximate surface area is 116 Å². The van der Waals surface area contributed by atoms with Crippen molar-refractivity contribution in [3.63, 3.8) is 0 Å². The fourth-order valence-electron chi connectivity index (χ4n) is 1.29. The van der Waals surface area contributed by atoms with E-state index in [2.05, 4.69) is 4.72 Å². The molecule has 0 saturated heterocycles. The summed E-state index contributed by atoms with van der Waals surface area (Å²) in [6, 6.07) is 2.06. The maximum Gasteiger partial charge on any atom is 0.242 e. The summed E-state index contributed by atoms with van der Waals surface area (Å²) in [5.74, 6) is 0. The number of sulfonamides is 1. The zero-order valence-corrected chi connectivity index (χ0v) is 12.0. The molecule has 0 radical (unpaired) electrons. The van der Waals surface area contributed by atoms with Crippen molar-refractivity contribution in [2.24, 2.45) is 0 Å². The highest BCUT2D eigenvalue weighted by molar-refractivity contribution is 7.89. The molecule has 0 aliphatic carbocycles. The van der Waals surface area contributed by atoms with Gasteiger partial charge in [0.25, 0.3) is 0 Å². The molecule has 1 rings (SSSR count). The Kier molecular flexibility index (Phi) is 5.24. The highest BCUT2D eigenvalue weighted by Gasteiger charge is 2.23. The molecule has 0 heterocycles. The molecule has 0 bridgehead atoms. The third-order valence-electron chi connectivity index (χ3n) is 2.42. The zero-order valence-electron chi connectivity index (χ0n) is 9.65. The van der Waals surface area contributed by atoms with Crippen LogP contribution in [0.3, 0.4) is 0 Å². The van der Waals surface area contributed by atoms with E-state index in [1.165, 1.54) is 12.1 Å². The molecule has 0 unspecified atom stereocenters. The summed E-state index contributed by atoms with van der Waals surface area (Å²) >= 11 is 11.6. The van der Waals surface area contributed by atoms with Crippen LogP contribution in [0, 0.1) is 0 Å². The normalized spacial score (nSPS) is 13.6. The van der Waals surface area contributed by atoms with Crippen molar-refractivity contribution in [3.8, 4) is 0 Å². The Morgan fingerprint density at radius 2 is 2.06 bits per heavy atom. The number of benzene rings is 1. The number of nitrogens with one attached hydrogen (secondary N) is 1. The molecule has 0 fully saturated rings. The van der Waals surface area contributed by atoms with Crippen molar-refractivity contribution in [2.75, 3.05) is 12.3 Å². The van der Waals surface area contributed by atoms with Crippen LogP contribution in [0.4, 0.5) is 5.69 Å². The Hall–Kier alpha value is -0.530. The number of hydrogen-bond donors (Lipinski definition) is 3. The minimum Gasteiger partial charge on any atom is -0.396 e. The maximum atomic E-state index is 12.0. The van der Waals surface area contributed by atoms with Gasteiger partial charge in [0.2, 0.25) is 10.0 Å². The van der Waals surface area contributed by atoms with E-state index in [0.717, 1.165) is 0 Å². The van der Waals surface area contributed by atoms with Crippen molar-refractivity contribution in [1.82, 2.24) is 4.72 Å². The molecule has 18 heavy (non-hydrogen) atoms. The molecule has 0 aliphatic rings. The van der Waals surface area contributed by atoms with E-state index < -0.39 is 16.1 Å². The summed E-state index contributed by atoms with van der Waals surface area (Å²) in [6.07, 6.45) is 0.455. The molecule has 5 nitrogen and oxygen atoms in total. The van der Waals surface area contributed by atoms with E-state index in [4.69, 9.17) is 34.0 Å². The molecule has 102 valence electrons. The lowest BCUT2D eigenvalue weighted by molar-refractivity contribution is 0.254. The van der Waals surface area contributed by atoms with Crippen LogP contribution in [-0.2, 0) is 10.0 Å². The largest absolute Gasteiger partial charge is 0.396 e. The fraction of sp³-hybridized carbons (Fsp3) is 0.400. The molecule has 8 heteroatoms. The fourth-order valence-corrected chi connectivity index (χ4v) is 3.36. The van der Waals surface area contributed by atoms with E-state index in [0.29, 0.717) is 6.42 Å². The lowest BCUT2D eigenvalue weighted by atomic mass is 10.3. The predicted molar refractivity (Wildman–Crippen MR) is 72.4 cm³/mol. The van der Waals surface area contributed by atoms with Crippen LogP contribution >= 0.6 is 23.2 Å². The van der Waals surface area contributed by atoms with Crippen LogP contribution in [0.2, 0.25) is 10.0 Å². The van der Waals surface area contributed by atoms with Crippen molar-refractivity contribution in [2.45, 2.75) is 24.3 Å². The summed E-state index contributed by atoms with van der Waals surface area (Å²) < 4.78 is 26.4. The average molecular weight is 313 g/mol. The second-order valence-corrected chi connectivity index (χ2v) is 6.15. The van der Waals surface area contributed by atoms with Gasteiger partial charge in [-0.1, -0.05) is 30.1 Å². The van der Waals surface area contributed by atoms with Crippen molar-refractivity contribution >= 4 is 38.9 Å². The molecular formula is C10H14Cl2N2O3S. The first-order chi connectivity index (χ1) is 8.33. The van der Waals surface area contributed by atoms with Crippen LogP contribution in [0.25, 0.3) is 0 Å². The van der Waals surface area contributed by atoms with Crippen LogP contribution < -0.4 is 10.5 Å². The monoisotopic (exact) mass is 312 g/mol. The molecule has 0 aromatic heterocycles. The smallest absolute Gasteiger partial charge is 0.242 e. The number of aliphatic hydroxyl groups is 1. The number of rotatable bonds is 5. The zero-order chi connectivity index (χ0) is 13.9. The first-order valence-corrected chi connectivity index (χ1v) is 7.44. The Balaban J connectivity index is 3.17. The van der Waals surface area contributed by atoms with Crippen LogP contribution in [0.1, 0.15) is 13.3 Å². The third-order valence-corrected chi connectivity index (χ3v) is 4.83. The molecule has 0 amide bonds. The minimum absolute atomic E-state index is 0.0123. The maximum absolute atomic E-state index is 12.0. The molecule has 0 saturated carbocycles. The van der Waals surface area contributed by atoms with Gasteiger partial charge in [0.05, 0.1) is 22.3 Å². The van der Waals surface area contributed by atoms with Gasteiger partial charge in [0.1, 0.15) is 4.90 Å². The second-order valence-electron chi connectivity index (χ2n) is 3.68. The minimum atomic E-state index is -3.83. The summed E-state index contributed by atoms with van der Waals surface area (Å²) in [6.45, 7) is 1.46. The van der Waals surface area contributed by atoms with Gasteiger partial charge >= 0.3 is 0 Å². The summed E-state index contributed by atoms with van der Waals surface area (Å²) in [7, 11) is -3.83. The van der Waals surface area contributed by atoms with Crippen LogP contribution in [0.15, 0.2) is 17.0 Å². The van der Waals surface area contributed by atoms with Gasteiger partial charge in [0, 0.05) is 6.04 Å². The van der Waals surface area contributed by atoms with Crippen LogP contribution in [0.5, 0.6) is 0 Å². The molecule has 1 aromatic carbocycles. The van der Waals surface area contributed by atoms with Gasteiger partial charge in [-0.3, -0.25) is 0 Å². The molecule has 1 atom stereocenters. The van der Waals surface area contributed by atoms with Gasteiger partial charge in [-0.25, -0.2) is 13.1 Å². The number of hydrogen-bond acceptors (Lipinski definition) is 4. The van der Waals surface area contributed by atoms with E-state index in [-0.39, 0.29) is 27.2 Å². The molecule has 4 N–H and O–H groups in total. The van der Waals surface area contributed by atoms with Crippen LogP contribution in [-0.4, -0.2) is 26.2 Å². The SMILES string of the molecule is CC[C@H](CO)NS(=O)(=O)c1ccc(Cl)c(N)c1Cl. The lowest BCUT2D eigenvalue weighted by Gasteiger charge is -2.16. The van der Waals surface area contributed by atoms with E-state index >= 15 is 0 Å². The van der Waals surface area contributed by atoms with Crippen molar-refractivity contribution in [3.05, 3.63) is 22.2 Å². The molecule has 0 spiro atoms. The number of anilines is 1.